The van der Waals surface area contributed by atoms with E-state index in [0.717, 1.165) is 24.6 Å². The Labute approximate surface area is 145 Å². The first-order chi connectivity index (χ1) is 10.8. The standard InChI is InChI=1S/C19H26N2O.ClH/c22-19(12-15-10-16-8-9-17(11-15)20-16)21(13-14-6-7-14)18-4-2-1-3-5-18;/h1-5,14-17,20H,6-13H2;1H. The highest BCUT2D eigenvalue weighted by Gasteiger charge is 2.35. The molecule has 3 nitrogen and oxygen atoms in total. The number of nitrogens with one attached hydrogen (secondary N) is 1. The summed E-state index contributed by atoms with van der Waals surface area (Å²) in [6.07, 6.45) is 8.29. The van der Waals surface area contributed by atoms with E-state index in [2.05, 4.69) is 22.3 Å². The van der Waals surface area contributed by atoms with Crippen LogP contribution in [0.3, 0.4) is 0 Å². The molecule has 1 N–H and O–H groups in total. The van der Waals surface area contributed by atoms with Crippen molar-refractivity contribution >= 4 is 24.0 Å². The van der Waals surface area contributed by atoms with Gasteiger partial charge in [0.25, 0.3) is 0 Å². The van der Waals surface area contributed by atoms with E-state index in [1.54, 1.807) is 0 Å². The van der Waals surface area contributed by atoms with Gasteiger partial charge in [0.05, 0.1) is 0 Å². The summed E-state index contributed by atoms with van der Waals surface area (Å²) < 4.78 is 0. The minimum absolute atomic E-state index is 0. The van der Waals surface area contributed by atoms with Crippen LogP contribution in [0.25, 0.3) is 0 Å². The van der Waals surface area contributed by atoms with Gasteiger partial charge in [-0.05, 0) is 62.5 Å². The summed E-state index contributed by atoms with van der Waals surface area (Å²) in [7, 11) is 0. The molecule has 2 heterocycles. The number of carbonyl (C=O) groups excluding carboxylic acids is 1. The van der Waals surface area contributed by atoms with Crippen molar-refractivity contribution in [1.82, 2.24) is 5.32 Å². The Bertz CT molecular complexity index is 519. The third-order valence-electron chi connectivity index (χ3n) is 5.54. The largest absolute Gasteiger partial charge is 0.312 e. The molecule has 1 amide bonds. The molecule has 0 aromatic heterocycles. The molecule has 4 heteroatoms. The van der Waals surface area contributed by atoms with Gasteiger partial charge < -0.3 is 10.2 Å². The van der Waals surface area contributed by atoms with Gasteiger partial charge in [-0.3, -0.25) is 4.79 Å². The third-order valence-corrected chi connectivity index (χ3v) is 5.54. The number of piperidine rings is 1. The molecule has 2 atom stereocenters. The van der Waals surface area contributed by atoms with Crippen molar-refractivity contribution in [2.24, 2.45) is 11.8 Å². The SMILES string of the molecule is Cl.O=C(CC1CC2CCC(C1)N2)N(CC1CC1)c1ccccc1. The maximum atomic E-state index is 12.9. The van der Waals surface area contributed by atoms with Crippen LogP contribution in [-0.4, -0.2) is 24.5 Å². The molecule has 3 aliphatic rings. The lowest BCUT2D eigenvalue weighted by atomic mass is 9.89. The maximum Gasteiger partial charge on any atom is 0.227 e. The second-order valence-electron chi connectivity index (χ2n) is 7.46. The average molecular weight is 335 g/mol. The van der Waals surface area contributed by atoms with E-state index < -0.39 is 0 Å². The van der Waals surface area contributed by atoms with Crippen LogP contribution < -0.4 is 10.2 Å². The van der Waals surface area contributed by atoms with Crippen LogP contribution in [0, 0.1) is 11.8 Å². The van der Waals surface area contributed by atoms with Crippen molar-refractivity contribution in [3.63, 3.8) is 0 Å². The molecular formula is C19H27ClN2O. The monoisotopic (exact) mass is 334 g/mol. The number of hydrogen-bond donors (Lipinski definition) is 1. The fourth-order valence-corrected chi connectivity index (χ4v) is 4.22. The number of amides is 1. The Balaban J connectivity index is 0.00000156. The molecule has 1 aliphatic carbocycles. The highest BCUT2D eigenvalue weighted by molar-refractivity contribution is 5.93. The lowest BCUT2D eigenvalue weighted by molar-refractivity contribution is -0.119. The number of halogens is 1. The first kappa shape index (κ1) is 16.8. The number of anilines is 1. The van der Waals surface area contributed by atoms with Crippen LogP contribution in [0.2, 0.25) is 0 Å². The minimum atomic E-state index is 0. The second kappa shape index (κ2) is 7.23. The molecule has 2 aliphatic heterocycles. The molecule has 1 aromatic rings. The number of rotatable bonds is 5. The molecule has 1 saturated carbocycles. The van der Waals surface area contributed by atoms with Gasteiger partial charge in [-0.15, -0.1) is 12.4 Å². The number of para-hydroxylation sites is 1. The van der Waals surface area contributed by atoms with Crippen LogP contribution in [0.1, 0.15) is 44.9 Å². The van der Waals surface area contributed by atoms with E-state index in [-0.39, 0.29) is 12.4 Å². The molecular weight excluding hydrogens is 308 g/mol. The van der Waals surface area contributed by atoms with E-state index in [0.29, 0.717) is 23.9 Å². The van der Waals surface area contributed by atoms with Crippen molar-refractivity contribution in [3.05, 3.63) is 30.3 Å². The summed E-state index contributed by atoms with van der Waals surface area (Å²) >= 11 is 0. The maximum absolute atomic E-state index is 12.9. The molecule has 2 unspecified atom stereocenters. The zero-order valence-corrected chi connectivity index (χ0v) is 14.4. The summed E-state index contributed by atoms with van der Waals surface area (Å²) in [5, 5.41) is 3.67. The minimum Gasteiger partial charge on any atom is -0.312 e. The van der Waals surface area contributed by atoms with Gasteiger partial charge in [0, 0.05) is 30.7 Å². The molecule has 2 saturated heterocycles. The zero-order valence-electron chi connectivity index (χ0n) is 13.6. The number of hydrogen-bond acceptors (Lipinski definition) is 2. The molecule has 0 radical (unpaired) electrons. The second-order valence-corrected chi connectivity index (χ2v) is 7.46. The smallest absolute Gasteiger partial charge is 0.227 e. The quantitative estimate of drug-likeness (QED) is 0.889. The Kier molecular flexibility index (Phi) is 5.27. The van der Waals surface area contributed by atoms with Gasteiger partial charge in [0.2, 0.25) is 5.91 Å². The number of carbonyl (C=O) groups is 1. The number of fused-ring (bicyclic) bond motifs is 2. The van der Waals surface area contributed by atoms with Crippen LogP contribution in [0.4, 0.5) is 5.69 Å². The highest BCUT2D eigenvalue weighted by atomic mass is 35.5. The highest BCUT2D eigenvalue weighted by Crippen LogP contribution is 2.35. The predicted molar refractivity (Wildman–Crippen MR) is 96.1 cm³/mol. The number of nitrogens with zero attached hydrogens (tertiary/aromatic N) is 1. The summed E-state index contributed by atoms with van der Waals surface area (Å²) in [5.41, 5.74) is 1.08. The summed E-state index contributed by atoms with van der Waals surface area (Å²) in [6, 6.07) is 11.6. The molecule has 0 spiro atoms. The van der Waals surface area contributed by atoms with Crippen molar-refractivity contribution in [2.45, 2.75) is 57.0 Å². The summed E-state index contributed by atoms with van der Waals surface area (Å²) in [6.45, 7) is 0.917. The molecule has 23 heavy (non-hydrogen) atoms. The van der Waals surface area contributed by atoms with E-state index >= 15 is 0 Å². The van der Waals surface area contributed by atoms with Gasteiger partial charge >= 0.3 is 0 Å². The molecule has 3 fully saturated rings. The van der Waals surface area contributed by atoms with Crippen LogP contribution in [-0.2, 0) is 4.79 Å². The van der Waals surface area contributed by atoms with Crippen molar-refractivity contribution in [3.8, 4) is 0 Å². The van der Waals surface area contributed by atoms with Gasteiger partial charge in [0.15, 0.2) is 0 Å². The first-order valence-electron chi connectivity index (χ1n) is 8.89. The zero-order chi connectivity index (χ0) is 14.9. The summed E-state index contributed by atoms with van der Waals surface area (Å²) in [5.74, 6) is 1.65. The lowest BCUT2D eigenvalue weighted by Gasteiger charge is -2.31. The number of benzene rings is 1. The first-order valence-corrected chi connectivity index (χ1v) is 8.89. The van der Waals surface area contributed by atoms with E-state index in [9.17, 15) is 4.79 Å². The third kappa shape index (κ3) is 4.07. The molecule has 126 valence electrons. The topological polar surface area (TPSA) is 32.3 Å². The van der Waals surface area contributed by atoms with Gasteiger partial charge in [-0.2, -0.15) is 0 Å². The molecule has 1 aromatic carbocycles. The Morgan fingerprint density at radius 1 is 1.00 bits per heavy atom. The van der Waals surface area contributed by atoms with Crippen LogP contribution in [0.5, 0.6) is 0 Å². The van der Waals surface area contributed by atoms with Gasteiger partial charge in [-0.25, -0.2) is 0 Å². The Morgan fingerprint density at radius 3 is 2.26 bits per heavy atom. The van der Waals surface area contributed by atoms with Crippen LogP contribution in [0.15, 0.2) is 30.3 Å². The van der Waals surface area contributed by atoms with Crippen molar-refractivity contribution in [1.29, 1.82) is 0 Å². The van der Waals surface area contributed by atoms with E-state index in [1.807, 2.05) is 18.2 Å². The Morgan fingerprint density at radius 2 is 1.65 bits per heavy atom. The van der Waals surface area contributed by atoms with Crippen LogP contribution >= 0.6 is 12.4 Å². The normalized spacial score (nSPS) is 29.0. The average Bonchev–Trinajstić information content (AvgIpc) is 3.29. The van der Waals surface area contributed by atoms with E-state index in [4.69, 9.17) is 0 Å². The Hall–Kier alpha value is -1.06. The van der Waals surface area contributed by atoms with Crippen molar-refractivity contribution < 1.29 is 4.79 Å². The lowest BCUT2D eigenvalue weighted by Crippen LogP contribution is -2.41. The predicted octanol–water partition coefficient (Wildman–Crippen LogP) is 3.77. The fourth-order valence-electron chi connectivity index (χ4n) is 4.22. The van der Waals surface area contributed by atoms with Crippen molar-refractivity contribution in [2.75, 3.05) is 11.4 Å². The molecule has 4 rings (SSSR count). The van der Waals surface area contributed by atoms with Gasteiger partial charge in [-0.1, -0.05) is 18.2 Å². The fraction of sp³-hybridized carbons (Fsp3) is 0.632. The summed E-state index contributed by atoms with van der Waals surface area (Å²) in [4.78, 5) is 15.0. The van der Waals surface area contributed by atoms with E-state index in [1.165, 1.54) is 38.5 Å². The molecule has 2 bridgehead atoms. The van der Waals surface area contributed by atoms with Gasteiger partial charge in [0.1, 0.15) is 0 Å².